The molecule has 6 aliphatic rings. The zero-order valence-corrected chi connectivity index (χ0v) is 31.3. The molecule has 6 fully saturated rings. The SMILES string of the molecule is CCO[C@@H]([C@H]1C[C@@H](C)[C@H]2[C@H](O1)[C@H](O[Si](CC)(CC)CC)[C@@]1(C)[C@@H]3CC[C@H]4C(C)(C)C(O)CC[C@@]45C[C@@]35CC[C@]21C)C(C)(C)O. The Bertz CT molecular complexity index is 1080. The molecule has 1 saturated heterocycles. The second-order valence-corrected chi connectivity index (χ2v) is 23.2. The number of fused-ring (bicyclic) bond motifs is 4. The summed E-state index contributed by atoms with van der Waals surface area (Å²) in [6.07, 6.45) is 9.02. The largest absolute Gasteiger partial charge is 0.411 e. The standard InChI is InChI=1S/C38H68O5Si/c1-12-41-31(34(8,9)40)25-22-24(5)29-30(42-25)32(43-44(13-2,14-3)15-4)36(11)27-17-16-26-33(6,7)28(39)18-19-37(26)23-38(27,37)21-20-35(29,36)10/h24-32,39-40H,12-23H2,1-11H3/t24-,25-,26+,27+,28?,29+,30+,31+,32+,35-,36-,37-,38+/m1/s1. The lowest BCUT2D eigenvalue weighted by Crippen LogP contribution is -2.61. The maximum Gasteiger partial charge on any atom is 0.192 e. The zero-order valence-electron chi connectivity index (χ0n) is 30.3. The van der Waals surface area contributed by atoms with Crippen LogP contribution < -0.4 is 0 Å². The Morgan fingerprint density at radius 2 is 1.52 bits per heavy atom. The van der Waals surface area contributed by atoms with Gasteiger partial charge in [-0.15, -0.1) is 0 Å². The summed E-state index contributed by atoms with van der Waals surface area (Å²) in [4.78, 5) is 0. The van der Waals surface area contributed by atoms with Gasteiger partial charge in [-0.3, -0.25) is 0 Å². The lowest BCUT2D eigenvalue weighted by atomic mass is 9.41. The molecule has 0 radical (unpaired) electrons. The maximum atomic E-state index is 11.3. The van der Waals surface area contributed by atoms with Crippen molar-refractivity contribution in [3.63, 3.8) is 0 Å². The van der Waals surface area contributed by atoms with Crippen LogP contribution in [0.4, 0.5) is 0 Å². The average Bonchev–Trinajstić information content (AvgIpc) is 3.59. The first-order valence-electron chi connectivity index (χ1n) is 18.8. The molecule has 44 heavy (non-hydrogen) atoms. The predicted molar refractivity (Wildman–Crippen MR) is 180 cm³/mol. The molecule has 0 bridgehead atoms. The van der Waals surface area contributed by atoms with E-state index in [1.165, 1.54) is 38.5 Å². The van der Waals surface area contributed by atoms with Crippen molar-refractivity contribution in [2.24, 2.45) is 50.7 Å². The second kappa shape index (κ2) is 10.8. The van der Waals surface area contributed by atoms with Gasteiger partial charge in [0.05, 0.1) is 30.0 Å². The van der Waals surface area contributed by atoms with Crippen LogP contribution in [0.1, 0.15) is 128 Å². The van der Waals surface area contributed by atoms with E-state index < -0.39 is 13.9 Å². The normalized spacial score (nSPS) is 50.1. The van der Waals surface area contributed by atoms with Gasteiger partial charge in [0.2, 0.25) is 0 Å². The molecular formula is C38H68O5Si. The van der Waals surface area contributed by atoms with Crippen molar-refractivity contribution >= 4 is 8.32 Å². The molecule has 254 valence electrons. The molecule has 1 aliphatic heterocycles. The number of hydrogen-bond acceptors (Lipinski definition) is 5. The van der Waals surface area contributed by atoms with Crippen molar-refractivity contribution in [3.05, 3.63) is 0 Å². The smallest absolute Gasteiger partial charge is 0.192 e. The maximum absolute atomic E-state index is 11.3. The molecule has 0 aromatic heterocycles. The van der Waals surface area contributed by atoms with Crippen LogP contribution in [0, 0.1) is 50.7 Å². The Labute approximate surface area is 271 Å². The molecule has 0 aromatic carbocycles. The van der Waals surface area contributed by atoms with Gasteiger partial charge in [0.15, 0.2) is 8.32 Å². The minimum atomic E-state index is -1.97. The summed E-state index contributed by atoms with van der Waals surface area (Å²) in [6, 6.07) is 3.45. The van der Waals surface area contributed by atoms with Crippen molar-refractivity contribution in [1.82, 2.24) is 0 Å². The van der Waals surface area contributed by atoms with Gasteiger partial charge >= 0.3 is 0 Å². The summed E-state index contributed by atoms with van der Waals surface area (Å²) < 4.78 is 21.5. The summed E-state index contributed by atoms with van der Waals surface area (Å²) in [6.45, 7) is 26.1. The molecule has 0 amide bonds. The van der Waals surface area contributed by atoms with E-state index in [0.717, 1.165) is 31.0 Å². The Kier molecular flexibility index (Phi) is 8.29. The van der Waals surface area contributed by atoms with Crippen LogP contribution in [0.15, 0.2) is 0 Å². The predicted octanol–water partition coefficient (Wildman–Crippen LogP) is 8.37. The van der Waals surface area contributed by atoms with Crippen LogP contribution >= 0.6 is 0 Å². The van der Waals surface area contributed by atoms with Crippen LogP contribution in [0.5, 0.6) is 0 Å². The first kappa shape index (κ1) is 33.9. The number of ether oxygens (including phenoxy) is 2. The third-order valence-corrected chi connectivity index (χ3v) is 21.1. The Morgan fingerprint density at radius 3 is 2.11 bits per heavy atom. The fraction of sp³-hybridized carbons (Fsp3) is 1.00. The van der Waals surface area contributed by atoms with E-state index in [4.69, 9.17) is 13.9 Å². The minimum Gasteiger partial charge on any atom is -0.411 e. The number of rotatable bonds is 9. The van der Waals surface area contributed by atoms with Crippen LogP contribution in [0.25, 0.3) is 0 Å². The molecule has 2 spiro atoms. The summed E-state index contributed by atoms with van der Waals surface area (Å²) in [5, 5.41) is 22.4. The molecular weight excluding hydrogens is 564 g/mol. The topological polar surface area (TPSA) is 68.2 Å². The molecule has 1 unspecified atom stereocenters. The highest BCUT2D eigenvalue weighted by molar-refractivity contribution is 6.73. The summed E-state index contributed by atoms with van der Waals surface area (Å²) >= 11 is 0. The first-order valence-corrected chi connectivity index (χ1v) is 21.4. The molecule has 5 aliphatic carbocycles. The van der Waals surface area contributed by atoms with E-state index in [-0.39, 0.29) is 46.8 Å². The van der Waals surface area contributed by atoms with E-state index in [1.807, 2.05) is 20.8 Å². The van der Waals surface area contributed by atoms with E-state index in [9.17, 15) is 10.2 Å². The molecule has 6 heteroatoms. The van der Waals surface area contributed by atoms with Gasteiger partial charge in [0.25, 0.3) is 0 Å². The van der Waals surface area contributed by atoms with E-state index in [0.29, 0.717) is 41.1 Å². The van der Waals surface area contributed by atoms with Crippen molar-refractivity contribution in [1.29, 1.82) is 0 Å². The first-order chi connectivity index (χ1) is 20.5. The fourth-order valence-corrected chi connectivity index (χ4v) is 16.8. The molecule has 13 atom stereocenters. The van der Waals surface area contributed by atoms with Crippen LogP contribution in [0.2, 0.25) is 18.1 Å². The zero-order chi connectivity index (χ0) is 32.3. The van der Waals surface area contributed by atoms with E-state index in [2.05, 4.69) is 55.4 Å². The highest BCUT2D eigenvalue weighted by atomic mass is 28.4. The lowest BCUT2D eigenvalue weighted by Gasteiger charge is -2.64. The third-order valence-electron chi connectivity index (χ3n) is 16.5. The van der Waals surface area contributed by atoms with E-state index >= 15 is 0 Å². The van der Waals surface area contributed by atoms with Gasteiger partial charge in [0, 0.05) is 12.0 Å². The van der Waals surface area contributed by atoms with Crippen LogP contribution in [-0.2, 0) is 13.9 Å². The number of hydrogen-bond donors (Lipinski definition) is 2. The Morgan fingerprint density at radius 1 is 0.909 bits per heavy atom. The molecule has 6 rings (SSSR count). The van der Waals surface area contributed by atoms with Gasteiger partial charge in [-0.25, -0.2) is 0 Å². The van der Waals surface area contributed by atoms with Gasteiger partial charge in [0.1, 0.15) is 6.10 Å². The fourth-order valence-electron chi connectivity index (χ4n) is 13.9. The van der Waals surface area contributed by atoms with E-state index in [1.54, 1.807) is 0 Å². The van der Waals surface area contributed by atoms with Gasteiger partial charge in [-0.1, -0.05) is 55.4 Å². The third kappa shape index (κ3) is 4.25. The minimum absolute atomic E-state index is 0.00112. The molecule has 1 heterocycles. The molecule has 5 saturated carbocycles. The van der Waals surface area contributed by atoms with Crippen LogP contribution in [-0.4, -0.2) is 61.3 Å². The van der Waals surface area contributed by atoms with Crippen molar-refractivity contribution in [3.8, 4) is 0 Å². The highest BCUT2D eigenvalue weighted by Gasteiger charge is 2.85. The summed E-state index contributed by atoms with van der Waals surface area (Å²) in [5.41, 5.74) is -0.0149. The average molecular weight is 633 g/mol. The monoisotopic (exact) mass is 632 g/mol. The Hall–Kier alpha value is 0.0169. The lowest BCUT2D eigenvalue weighted by molar-refractivity contribution is -0.213. The van der Waals surface area contributed by atoms with Crippen LogP contribution in [0.3, 0.4) is 0 Å². The molecule has 0 aromatic rings. The quantitative estimate of drug-likeness (QED) is 0.250. The van der Waals surface area contributed by atoms with Gasteiger partial charge < -0.3 is 24.1 Å². The van der Waals surface area contributed by atoms with Gasteiger partial charge in [-0.05, 0) is 136 Å². The van der Waals surface area contributed by atoms with Crippen molar-refractivity contribution < 1.29 is 24.1 Å². The number of aliphatic hydroxyl groups is 2. The second-order valence-electron chi connectivity index (χ2n) is 18.4. The number of aliphatic hydroxyl groups excluding tert-OH is 1. The Balaban J connectivity index is 1.45. The molecule has 5 nitrogen and oxygen atoms in total. The van der Waals surface area contributed by atoms with Crippen molar-refractivity contribution in [2.75, 3.05) is 6.61 Å². The summed E-state index contributed by atoms with van der Waals surface area (Å²) in [7, 11) is -1.97. The molecule has 2 N–H and O–H groups in total. The van der Waals surface area contributed by atoms with Crippen molar-refractivity contribution in [2.45, 2.75) is 182 Å². The summed E-state index contributed by atoms with van der Waals surface area (Å²) in [5.74, 6) is 2.18. The highest BCUT2D eigenvalue weighted by Crippen LogP contribution is 2.89. The van der Waals surface area contributed by atoms with Gasteiger partial charge in [-0.2, -0.15) is 0 Å².